The third-order valence-electron chi connectivity index (χ3n) is 5.56. The monoisotopic (exact) mass is 341 g/mol. The number of hydrogen-bond donors (Lipinski definition) is 2. The lowest BCUT2D eigenvalue weighted by atomic mass is 9.96. The number of rotatable bonds is 4. The molecule has 5 nitrogen and oxygen atoms in total. The van der Waals surface area contributed by atoms with Crippen LogP contribution in [0.3, 0.4) is 0 Å². The van der Waals surface area contributed by atoms with Crippen LogP contribution in [0.4, 0.5) is 0 Å². The number of aromatic amines is 1. The summed E-state index contributed by atoms with van der Waals surface area (Å²) >= 11 is 0. The van der Waals surface area contributed by atoms with Crippen molar-refractivity contribution in [3.8, 4) is 5.75 Å². The Balaban J connectivity index is 1.31. The molecule has 0 amide bonds. The fraction of sp³-hybridized carbons (Fsp3) is 0.550. The maximum Gasteiger partial charge on any atom is 0.255 e. The molecule has 2 aliphatic rings. The highest BCUT2D eigenvalue weighted by Crippen LogP contribution is 2.23. The highest BCUT2D eigenvalue weighted by atomic mass is 16.5. The van der Waals surface area contributed by atoms with Gasteiger partial charge in [-0.1, -0.05) is 0 Å². The van der Waals surface area contributed by atoms with Gasteiger partial charge in [0, 0.05) is 31.2 Å². The molecule has 25 heavy (non-hydrogen) atoms. The van der Waals surface area contributed by atoms with Crippen LogP contribution >= 0.6 is 0 Å². The lowest BCUT2D eigenvalue weighted by Crippen LogP contribution is -2.42. The highest BCUT2D eigenvalue weighted by Gasteiger charge is 2.23. The van der Waals surface area contributed by atoms with Gasteiger partial charge in [-0.3, -0.25) is 4.79 Å². The van der Waals surface area contributed by atoms with Crippen LogP contribution in [-0.4, -0.2) is 48.7 Å². The van der Waals surface area contributed by atoms with E-state index in [1.165, 1.54) is 32.5 Å². The molecule has 3 heterocycles. The Morgan fingerprint density at radius 1 is 1.08 bits per heavy atom. The average molecular weight is 341 g/mol. The highest BCUT2D eigenvalue weighted by molar-refractivity contribution is 5.82. The van der Waals surface area contributed by atoms with Crippen LogP contribution in [0.2, 0.25) is 0 Å². The van der Waals surface area contributed by atoms with Gasteiger partial charge in [-0.05, 0) is 74.3 Å². The van der Waals surface area contributed by atoms with E-state index in [2.05, 4.69) is 15.2 Å². The molecule has 2 aliphatic heterocycles. The molecule has 2 saturated heterocycles. The van der Waals surface area contributed by atoms with Crippen LogP contribution in [0.5, 0.6) is 5.75 Å². The third kappa shape index (κ3) is 4.05. The van der Waals surface area contributed by atoms with Crippen molar-refractivity contribution in [2.45, 2.75) is 31.8 Å². The number of likely N-dealkylation sites (tertiary alicyclic amines) is 1. The topological polar surface area (TPSA) is 57.4 Å². The van der Waals surface area contributed by atoms with E-state index in [-0.39, 0.29) is 11.7 Å². The van der Waals surface area contributed by atoms with E-state index in [0.717, 1.165) is 43.0 Å². The Bertz CT molecular complexity index is 759. The first-order chi connectivity index (χ1) is 12.3. The number of hydrogen-bond acceptors (Lipinski definition) is 4. The van der Waals surface area contributed by atoms with Crippen molar-refractivity contribution in [2.75, 3.05) is 32.7 Å². The number of aromatic nitrogens is 1. The summed E-state index contributed by atoms with van der Waals surface area (Å²) in [5.41, 5.74) is -0.0460. The van der Waals surface area contributed by atoms with Crippen LogP contribution < -0.4 is 15.6 Å². The number of nitrogens with zero attached hydrogens (tertiary/aromatic N) is 1. The van der Waals surface area contributed by atoms with E-state index in [9.17, 15) is 4.79 Å². The number of benzene rings is 1. The summed E-state index contributed by atoms with van der Waals surface area (Å²) in [5.74, 6) is 1.73. The predicted molar refractivity (Wildman–Crippen MR) is 100 cm³/mol. The van der Waals surface area contributed by atoms with Crippen molar-refractivity contribution in [3.63, 3.8) is 0 Å². The van der Waals surface area contributed by atoms with E-state index in [4.69, 9.17) is 4.74 Å². The summed E-state index contributed by atoms with van der Waals surface area (Å²) in [7, 11) is 0. The summed E-state index contributed by atoms with van der Waals surface area (Å²) < 4.78 is 6.19. The van der Waals surface area contributed by atoms with Gasteiger partial charge in [-0.2, -0.15) is 0 Å². The van der Waals surface area contributed by atoms with Gasteiger partial charge in [-0.25, -0.2) is 0 Å². The van der Waals surface area contributed by atoms with Crippen LogP contribution in [0.15, 0.2) is 35.3 Å². The van der Waals surface area contributed by atoms with E-state index in [0.29, 0.717) is 5.39 Å². The molecule has 1 aromatic heterocycles. The minimum atomic E-state index is -0.0460. The molecule has 0 unspecified atom stereocenters. The standard InChI is InChI=1S/C20H27N3O2/c24-20-19-2-1-18(13-16(19)5-10-22-20)25-17-6-11-23(12-7-17)14-15-3-8-21-9-4-15/h1-2,5,10,13,15,17,21H,3-4,6-9,11-12,14H2,(H,22,24). The van der Waals surface area contributed by atoms with Gasteiger partial charge in [0.05, 0.1) is 0 Å². The maximum atomic E-state index is 11.8. The maximum absolute atomic E-state index is 11.8. The van der Waals surface area contributed by atoms with Crippen molar-refractivity contribution < 1.29 is 4.74 Å². The number of piperidine rings is 2. The number of ether oxygens (including phenoxy) is 1. The molecule has 0 saturated carbocycles. The molecular weight excluding hydrogens is 314 g/mol. The second-order valence-electron chi connectivity index (χ2n) is 7.37. The lowest BCUT2D eigenvalue weighted by molar-refractivity contribution is 0.0874. The quantitative estimate of drug-likeness (QED) is 0.896. The zero-order valence-corrected chi connectivity index (χ0v) is 14.7. The Morgan fingerprint density at radius 2 is 1.88 bits per heavy atom. The number of H-pyrrole nitrogens is 1. The van der Waals surface area contributed by atoms with Crippen molar-refractivity contribution in [2.24, 2.45) is 5.92 Å². The largest absolute Gasteiger partial charge is 0.490 e. The van der Waals surface area contributed by atoms with E-state index < -0.39 is 0 Å². The molecule has 0 atom stereocenters. The van der Waals surface area contributed by atoms with E-state index >= 15 is 0 Å². The molecule has 134 valence electrons. The second-order valence-corrected chi connectivity index (χ2v) is 7.37. The summed E-state index contributed by atoms with van der Waals surface area (Å²) in [5, 5.41) is 5.09. The third-order valence-corrected chi connectivity index (χ3v) is 5.56. The first-order valence-corrected chi connectivity index (χ1v) is 9.49. The van der Waals surface area contributed by atoms with Gasteiger partial charge >= 0.3 is 0 Å². The zero-order valence-electron chi connectivity index (χ0n) is 14.7. The van der Waals surface area contributed by atoms with Crippen molar-refractivity contribution in [1.82, 2.24) is 15.2 Å². The molecule has 1 aromatic carbocycles. The Hall–Kier alpha value is -1.85. The lowest BCUT2D eigenvalue weighted by Gasteiger charge is -2.35. The Labute approximate surface area is 148 Å². The average Bonchev–Trinajstić information content (AvgIpc) is 2.64. The summed E-state index contributed by atoms with van der Waals surface area (Å²) in [6.45, 7) is 5.85. The fourth-order valence-electron chi connectivity index (χ4n) is 4.08. The van der Waals surface area contributed by atoms with Gasteiger partial charge in [0.25, 0.3) is 5.56 Å². The fourth-order valence-corrected chi connectivity index (χ4v) is 4.08. The van der Waals surface area contributed by atoms with Crippen LogP contribution in [-0.2, 0) is 0 Å². The Kier molecular flexibility index (Phi) is 5.04. The van der Waals surface area contributed by atoms with Gasteiger partial charge in [-0.15, -0.1) is 0 Å². The molecule has 0 spiro atoms. The molecule has 5 heteroatoms. The molecule has 4 rings (SSSR count). The van der Waals surface area contributed by atoms with Crippen molar-refractivity contribution >= 4 is 10.8 Å². The minimum absolute atomic E-state index is 0.0460. The van der Waals surface area contributed by atoms with Gasteiger partial charge < -0.3 is 19.9 Å². The molecule has 0 aliphatic carbocycles. The molecule has 0 radical (unpaired) electrons. The van der Waals surface area contributed by atoms with Crippen LogP contribution in [0, 0.1) is 5.92 Å². The van der Waals surface area contributed by atoms with Gasteiger partial charge in [0.2, 0.25) is 0 Å². The number of fused-ring (bicyclic) bond motifs is 1. The van der Waals surface area contributed by atoms with Crippen LogP contribution in [0.1, 0.15) is 25.7 Å². The van der Waals surface area contributed by atoms with Crippen molar-refractivity contribution in [1.29, 1.82) is 0 Å². The molecule has 2 fully saturated rings. The zero-order chi connectivity index (χ0) is 17.1. The second kappa shape index (κ2) is 7.58. The van der Waals surface area contributed by atoms with Crippen LogP contribution in [0.25, 0.3) is 10.8 Å². The Morgan fingerprint density at radius 3 is 2.68 bits per heavy atom. The first kappa shape index (κ1) is 16.6. The molecule has 2 aromatic rings. The van der Waals surface area contributed by atoms with E-state index in [1.54, 1.807) is 6.20 Å². The summed E-state index contributed by atoms with van der Waals surface area (Å²) in [6, 6.07) is 7.67. The first-order valence-electron chi connectivity index (χ1n) is 9.49. The predicted octanol–water partition coefficient (Wildman–Crippen LogP) is 2.37. The van der Waals surface area contributed by atoms with Crippen molar-refractivity contribution in [3.05, 3.63) is 40.8 Å². The minimum Gasteiger partial charge on any atom is -0.490 e. The van der Waals surface area contributed by atoms with E-state index in [1.807, 2.05) is 24.3 Å². The number of nitrogens with one attached hydrogen (secondary N) is 2. The SMILES string of the molecule is O=c1[nH]ccc2cc(OC3CCN(CC4CCNCC4)CC3)ccc12. The number of pyridine rings is 1. The van der Waals surface area contributed by atoms with Gasteiger partial charge in [0.15, 0.2) is 0 Å². The molecular formula is C20H27N3O2. The molecule has 0 bridgehead atoms. The summed E-state index contributed by atoms with van der Waals surface area (Å²) in [6.07, 6.45) is 6.76. The molecule has 2 N–H and O–H groups in total. The smallest absolute Gasteiger partial charge is 0.255 e. The summed E-state index contributed by atoms with van der Waals surface area (Å²) in [4.78, 5) is 17.1. The van der Waals surface area contributed by atoms with Gasteiger partial charge in [0.1, 0.15) is 11.9 Å². The normalized spacial score (nSPS) is 20.8.